The van der Waals surface area contributed by atoms with Crippen LogP contribution >= 0.6 is 15.9 Å². The molecule has 1 N–H and O–H groups in total. The van der Waals surface area contributed by atoms with Crippen LogP contribution in [-0.4, -0.2) is 41.6 Å². The molecule has 0 fully saturated rings. The van der Waals surface area contributed by atoms with E-state index in [0.717, 1.165) is 18.3 Å². The minimum atomic E-state index is 0.249. The zero-order valence-corrected chi connectivity index (χ0v) is 8.26. The Balaban J connectivity index is 3.31. The molecule has 0 aliphatic rings. The van der Waals surface area contributed by atoms with Gasteiger partial charge in [0.25, 0.3) is 0 Å². The molecule has 0 heterocycles. The van der Waals surface area contributed by atoms with Gasteiger partial charge in [-0.05, 0) is 26.9 Å². The molecule has 0 saturated heterocycles. The predicted molar refractivity (Wildman–Crippen MR) is 47.6 cm³/mol. The highest BCUT2D eigenvalue weighted by Crippen LogP contribution is 1.96. The maximum Gasteiger partial charge on any atom is 0.0584 e. The second kappa shape index (κ2) is 6.13. The minimum Gasteiger partial charge on any atom is -0.395 e. The van der Waals surface area contributed by atoms with E-state index in [9.17, 15) is 0 Å². The first-order valence-corrected chi connectivity index (χ1v) is 4.71. The van der Waals surface area contributed by atoms with Gasteiger partial charge < -0.3 is 10.0 Å². The van der Waals surface area contributed by atoms with E-state index in [1.807, 2.05) is 14.0 Å². The van der Waals surface area contributed by atoms with E-state index in [1.54, 1.807) is 0 Å². The number of likely N-dealkylation sites (N-methyl/N-ethyl adjacent to an activating group) is 1. The molecular formula is C7H16BrNO. The van der Waals surface area contributed by atoms with Crippen molar-refractivity contribution in [2.75, 3.05) is 25.5 Å². The summed E-state index contributed by atoms with van der Waals surface area (Å²) < 4.78 is 0. The van der Waals surface area contributed by atoms with Crippen molar-refractivity contribution in [1.82, 2.24) is 4.90 Å². The Morgan fingerprint density at radius 3 is 2.60 bits per heavy atom. The lowest BCUT2D eigenvalue weighted by atomic mass is 10.3. The van der Waals surface area contributed by atoms with E-state index in [0.29, 0.717) is 6.04 Å². The minimum absolute atomic E-state index is 0.249. The topological polar surface area (TPSA) is 23.5 Å². The van der Waals surface area contributed by atoms with Crippen molar-refractivity contribution < 1.29 is 5.11 Å². The second-order valence-corrected chi connectivity index (χ2v) is 3.35. The molecule has 3 heteroatoms. The number of aliphatic hydroxyl groups is 1. The molecule has 1 atom stereocenters. The Bertz CT molecular complexity index is 80.0. The zero-order valence-electron chi connectivity index (χ0n) is 6.68. The van der Waals surface area contributed by atoms with Crippen LogP contribution in [0.2, 0.25) is 0 Å². The van der Waals surface area contributed by atoms with Crippen LogP contribution in [0.5, 0.6) is 0 Å². The van der Waals surface area contributed by atoms with Crippen LogP contribution in [-0.2, 0) is 0 Å². The quantitative estimate of drug-likeness (QED) is 0.686. The molecule has 0 rings (SSSR count). The molecule has 10 heavy (non-hydrogen) atoms. The molecule has 0 radical (unpaired) electrons. The summed E-state index contributed by atoms with van der Waals surface area (Å²) in [5.74, 6) is 0. The van der Waals surface area contributed by atoms with Crippen molar-refractivity contribution in [2.45, 2.75) is 19.4 Å². The van der Waals surface area contributed by atoms with Gasteiger partial charge in [-0.2, -0.15) is 0 Å². The van der Waals surface area contributed by atoms with Crippen LogP contribution in [0.1, 0.15) is 13.3 Å². The van der Waals surface area contributed by atoms with Crippen LogP contribution < -0.4 is 0 Å². The van der Waals surface area contributed by atoms with E-state index in [-0.39, 0.29) is 6.61 Å². The summed E-state index contributed by atoms with van der Waals surface area (Å²) in [7, 11) is 2.03. The Morgan fingerprint density at radius 1 is 1.60 bits per heavy atom. The summed E-state index contributed by atoms with van der Waals surface area (Å²) in [6.45, 7) is 3.32. The van der Waals surface area contributed by atoms with E-state index in [1.165, 1.54) is 0 Å². The third-order valence-corrected chi connectivity index (χ3v) is 2.22. The van der Waals surface area contributed by atoms with Gasteiger partial charge in [-0.3, -0.25) is 0 Å². The number of nitrogens with zero attached hydrogens (tertiary/aromatic N) is 1. The van der Waals surface area contributed by atoms with Crippen molar-refractivity contribution >= 4 is 15.9 Å². The fourth-order valence-electron chi connectivity index (χ4n) is 0.669. The Labute approximate surface area is 71.4 Å². The monoisotopic (exact) mass is 209 g/mol. The summed E-state index contributed by atoms with van der Waals surface area (Å²) in [5, 5.41) is 9.79. The summed E-state index contributed by atoms with van der Waals surface area (Å²) in [6, 6.07) is 0.291. The maximum atomic E-state index is 8.75. The van der Waals surface area contributed by atoms with Gasteiger partial charge in [0.1, 0.15) is 0 Å². The fourth-order valence-corrected chi connectivity index (χ4v) is 0.920. The van der Waals surface area contributed by atoms with Crippen molar-refractivity contribution in [3.63, 3.8) is 0 Å². The summed E-state index contributed by atoms with van der Waals surface area (Å²) in [4.78, 5) is 2.15. The number of aliphatic hydroxyl groups excluding tert-OH is 1. The fraction of sp³-hybridized carbons (Fsp3) is 1.00. The predicted octanol–water partition coefficient (Wildman–Crippen LogP) is 1.08. The highest BCUT2D eigenvalue weighted by molar-refractivity contribution is 9.09. The molecule has 62 valence electrons. The standard InChI is InChI=1S/C7H16BrNO/c1-7(6-10)9(2)5-3-4-8/h7,10H,3-6H2,1-2H3. The average Bonchev–Trinajstić information content (AvgIpc) is 1.98. The molecule has 0 aromatic heterocycles. The van der Waals surface area contributed by atoms with Crippen LogP contribution in [0.3, 0.4) is 0 Å². The number of rotatable bonds is 5. The number of hydrogen-bond donors (Lipinski definition) is 1. The lowest BCUT2D eigenvalue weighted by Crippen LogP contribution is -2.32. The molecule has 0 saturated carbocycles. The smallest absolute Gasteiger partial charge is 0.0584 e. The first kappa shape index (κ1) is 10.4. The normalized spacial score (nSPS) is 14.1. The lowest BCUT2D eigenvalue weighted by molar-refractivity contribution is 0.160. The maximum absolute atomic E-state index is 8.75. The average molecular weight is 210 g/mol. The molecule has 0 amide bonds. The lowest BCUT2D eigenvalue weighted by Gasteiger charge is -2.21. The Morgan fingerprint density at radius 2 is 2.20 bits per heavy atom. The van der Waals surface area contributed by atoms with E-state index >= 15 is 0 Å². The van der Waals surface area contributed by atoms with Crippen molar-refractivity contribution in [3.05, 3.63) is 0 Å². The van der Waals surface area contributed by atoms with Gasteiger partial charge in [-0.1, -0.05) is 15.9 Å². The van der Waals surface area contributed by atoms with Crippen molar-refractivity contribution in [3.8, 4) is 0 Å². The highest BCUT2D eigenvalue weighted by atomic mass is 79.9. The van der Waals surface area contributed by atoms with Crippen molar-refractivity contribution in [1.29, 1.82) is 0 Å². The Hall–Kier alpha value is 0.400. The molecule has 0 aromatic rings. The summed E-state index contributed by atoms with van der Waals surface area (Å²) >= 11 is 3.36. The van der Waals surface area contributed by atoms with Gasteiger partial charge in [-0.15, -0.1) is 0 Å². The zero-order chi connectivity index (χ0) is 7.98. The molecular weight excluding hydrogens is 194 g/mol. The van der Waals surface area contributed by atoms with Gasteiger partial charge in [0.05, 0.1) is 6.61 Å². The van der Waals surface area contributed by atoms with Gasteiger partial charge >= 0.3 is 0 Å². The summed E-state index contributed by atoms with van der Waals surface area (Å²) in [5.41, 5.74) is 0. The number of halogens is 1. The highest BCUT2D eigenvalue weighted by Gasteiger charge is 2.05. The molecule has 0 bridgehead atoms. The second-order valence-electron chi connectivity index (χ2n) is 2.55. The van der Waals surface area contributed by atoms with Crippen LogP contribution in [0.4, 0.5) is 0 Å². The molecule has 0 aliphatic heterocycles. The van der Waals surface area contributed by atoms with Crippen LogP contribution in [0, 0.1) is 0 Å². The van der Waals surface area contributed by atoms with Gasteiger partial charge in [0.2, 0.25) is 0 Å². The Kier molecular flexibility index (Phi) is 6.38. The van der Waals surface area contributed by atoms with Crippen molar-refractivity contribution in [2.24, 2.45) is 0 Å². The van der Waals surface area contributed by atoms with Gasteiger partial charge in [0.15, 0.2) is 0 Å². The SMILES string of the molecule is CC(CO)N(C)CCCBr. The first-order chi connectivity index (χ1) is 4.72. The van der Waals surface area contributed by atoms with E-state index in [4.69, 9.17) is 5.11 Å². The number of alkyl halides is 1. The molecule has 0 spiro atoms. The molecule has 0 aromatic carbocycles. The van der Waals surface area contributed by atoms with Crippen LogP contribution in [0.25, 0.3) is 0 Å². The van der Waals surface area contributed by atoms with E-state index in [2.05, 4.69) is 20.8 Å². The third kappa shape index (κ3) is 4.25. The molecule has 1 unspecified atom stereocenters. The van der Waals surface area contributed by atoms with Crippen LogP contribution in [0.15, 0.2) is 0 Å². The largest absolute Gasteiger partial charge is 0.395 e. The molecule has 2 nitrogen and oxygen atoms in total. The molecule has 0 aliphatic carbocycles. The van der Waals surface area contributed by atoms with Gasteiger partial charge in [0, 0.05) is 11.4 Å². The van der Waals surface area contributed by atoms with E-state index < -0.39 is 0 Å². The summed E-state index contributed by atoms with van der Waals surface area (Å²) in [6.07, 6.45) is 1.14. The number of hydrogen-bond acceptors (Lipinski definition) is 2. The first-order valence-electron chi connectivity index (χ1n) is 3.59. The van der Waals surface area contributed by atoms with Gasteiger partial charge in [-0.25, -0.2) is 0 Å². The third-order valence-electron chi connectivity index (χ3n) is 1.66.